The Hall–Kier alpha value is -1.71. The van der Waals surface area contributed by atoms with Crippen LogP contribution in [0.5, 0.6) is 0 Å². The fourth-order valence-corrected chi connectivity index (χ4v) is 2.12. The summed E-state index contributed by atoms with van der Waals surface area (Å²) in [6.45, 7) is 1.71. The maximum atomic E-state index is 5.32. The normalized spacial score (nSPS) is 14.4. The molecule has 1 aliphatic heterocycles. The van der Waals surface area contributed by atoms with E-state index in [0.717, 1.165) is 13.0 Å². The molecule has 1 aromatic carbocycles. The summed E-state index contributed by atoms with van der Waals surface area (Å²) in [6.07, 6.45) is 2.37. The third kappa shape index (κ3) is 2.27. The minimum atomic E-state index is 0.148. The standard InChI is InChI=1S/C12H18N4/c1-16-6-2-3-10-7-9(4-5-11(10)16)8-15-12(13)14/h4-5,7H,2-3,6,8H2,1H3,(H4,13,14,15). The fraction of sp³-hybridized carbons (Fsp3) is 0.417. The molecule has 4 heteroatoms. The van der Waals surface area contributed by atoms with E-state index in [2.05, 4.69) is 35.1 Å². The summed E-state index contributed by atoms with van der Waals surface area (Å²) in [5.74, 6) is 0.148. The van der Waals surface area contributed by atoms with Crippen molar-refractivity contribution in [2.24, 2.45) is 16.5 Å². The van der Waals surface area contributed by atoms with Crippen molar-refractivity contribution in [2.45, 2.75) is 19.4 Å². The van der Waals surface area contributed by atoms with E-state index in [1.54, 1.807) is 0 Å². The minimum Gasteiger partial charge on any atom is -0.374 e. The second-order valence-electron chi connectivity index (χ2n) is 4.23. The molecule has 0 fully saturated rings. The molecular formula is C12H18N4. The van der Waals surface area contributed by atoms with Gasteiger partial charge in [0.05, 0.1) is 6.54 Å². The van der Waals surface area contributed by atoms with Crippen LogP contribution in [0.25, 0.3) is 0 Å². The van der Waals surface area contributed by atoms with E-state index in [9.17, 15) is 0 Å². The Morgan fingerprint density at radius 3 is 3.00 bits per heavy atom. The molecule has 0 aromatic heterocycles. The van der Waals surface area contributed by atoms with E-state index in [4.69, 9.17) is 11.5 Å². The Morgan fingerprint density at radius 2 is 2.25 bits per heavy atom. The highest BCUT2D eigenvalue weighted by Gasteiger charge is 2.13. The van der Waals surface area contributed by atoms with Crippen molar-refractivity contribution in [3.8, 4) is 0 Å². The average Bonchev–Trinajstić information content (AvgIpc) is 2.26. The smallest absolute Gasteiger partial charge is 0.186 e. The molecule has 0 atom stereocenters. The lowest BCUT2D eigenvalue weighted by Gasteiger charge is -2.27. The van der Waals surface area contributed by atoms with E-state index < -0.39 is 0 Å². The highest BCUT2D eigenvalue weighted by molar-refractivity contribution is 5.75. The highest BCUT2D eigenvalue weighted by Crippen LogP contribution is 2.26. The van der Waals surface area contributed by atoms with Crippen LogP contribution in [0, 0.1) is 0 Å². The summed E-state index contributed by atoms with van der Waals surface area (Å²) in [4.78, 5) is 6.32. The third-order valence-corrected chi connectivity index (χ3v) is 2.94. The van der Waals surface area contributed by atoms with Gasteiger partial charge < -0.3 is 16.4 Å². The quantitative estimate of drug-likeness (QED) is 0.571. The van der Waals surface area contributed by atoms with Crippen LogP contribution in [0.4, 0.5) is 5.69 Å². The molecule has 0 spiro atoms. The van der Waals surface area contributed by atoms with Crippen LogP contribution in [0.15, 0.2) is 23.2 Å². The SMILES string of the molecule is CN1CCCc2cc(CN=C(N)N)ccc21. The van der Waals surface area contributed by atoms with Crippen molar-refractivity contribution >= 4 is 11.6 Å². The zero-order valence-electron chi connectivity index (χ0n) is 9.61. The van der Waals surface area contributed by atoms with Gasteiger partial charge in [0, 0.05) is 19.3 Å². The van der Waals surface area contributed by atoms with Gasteiger partial charge in [-0.05, 0) is 30.0 Å². The van der Waals surface area contributed by atoms with Gasteiger partial charge in [-0.1, -0.05) is 12.1 Å². The van der Waals surface area contributed by atoms with Crippen molar-refractivity contribution in [3.63, 3.8) is 0 Å². The van der Waals surface area contributed by atoms with Gasteiger partial charge in [0.15, 0.2) is 5.96 Å². The topological polar surface area (TPSA) is 67.6 Å². The molecule has 0 amide bonds. The number of aliphatic imine (C=N–C) groups is 1. The largest absolute Gasteiger partial charge is 0.374 e. The highest BCUT2D eigenvalue weighted by atomic mass is 15.1. The van der Waals surface area contributed by atoms with Crippen molar-refractivity contribution in [2.75, 3.05) is 18.5 Å². The Morgan fingerprint density at radius 1 is 1.44 bits per heavy atom. The molecule has 4 N–H and O–H groups in total. The Balaban J connectivity index is 2.22. The first-order valence-electron chi connectivity index (χ1n) is 5.55. The molecule has 1 heterocycles. The average molecular weight is 218 g/mol. The summed E-state index contributed by atoms with van der Waals surface area (Å²) in [5.41, 5.74) is 14.5. The summed E-state index contributed by atoms with van der Waals surface area (Å²) in [7, 11) is 2.13. The fourth-order valence-electron chi connectivity index (χ4n) is 2.12. The maximum Gasteiger partial charge on any atom is 0.186 e. The van der Waals surface area contributed by atoms with Gasteiger partial charge in [0.1, 0.15) is 0 Å². The predicted octanol–water partition coefficient (Wildman–Crippen LogP) is 0.842. The summed E-state index contributed by atoms with van der Waals surface area (Å²) in [5, 5.41) is 0. The van der Waals surface area contributed by atoms with E-state index >= 15 is 0 Å². The van der Waals surface area contributed by atoms with Crippen molar-refractivity contribution < 1.29 is 0 Å². The monoisotopic (exact) mass is 218 g/mol. The Bertz CT molecular complexity index is 407. The molecule has 16 heavy (non-hydrogen) atoms. The molecule has 2 rings (SSSR count). The molecule has 0 unspecified atom stereocenters. The van der Waals surface area contributed by atoms with Crippen LogP contribution in [-0.4, -0.2) is 19.6 Å². The zero-order valence-corrected chi connectivity index (χ0v) is 9.61. The number of fused-ring (bicyclic) bond motifs is 1. The van der Waals surface area contributed by atoms with Gasteiger partial charge in [-0.3, -0.25) is 0 Å². The molecule has 1 aliphatic rings. The number of nitrogens with two attached hydrogens (primary N) is 2. The van der Waals surface area contributed by atoms with E-state index in [-0.39, 0.29) is 5.96 Å². The number of anilines is 1. The molecule has 86 valence electrons. The second kappa shape index (κ2) is 4.43. The molecular weight excluding hydrogens is 200 g/mol. The number of aryl methyl sites for hydroxylation is 1. The van der Waals surface area contributed by atoms with Gasteiger partial charge in [-0.25, -0.2) is 4.99 Å². The van der Waals surface area contributed by atoms with E-state index in [0.29, 0.717) is 6.54 Å². The zero-order chi connectivity index (χ0) is 11.5. The first-order valence-corrected chi connectivity index (χ1v) is 5.55. The molecule has 0 bridgehead atoms. The van der Waals surface area contributed by atoms with Crippen LogP contribution >= 0.6 is 0 Å². The number of hydrogen-bond donors (Lipinski definition) is 2. The maximum absolute atomic E-state index is 5.32. The first-order chi connectivity index (χ1) is 7.66. The number of benzene rings is 1. The number of rotatable bonds is 2. The van der Waals surface area contributed by atoms with Gasteiger partial charge in [0.25, 0.3) is 0 Å². The van der Waals surface area contributed by atoms with E-state index in [1.807, 2.05) is 0 Å². The minimum absolute atomic E-state index is 0.148. The van der Waals surface area contributed by atoms with Gasteiger partial charge in [-0.2, -0.15) is 0 Å². The van der Waals surface area contributed by atoms with Crippen molar-refractivity contribution in [1.29, 1.82) is 0 Å². The summed E-state index contributed by atoms with van der Waals surface area (Å²) >= 11 is 0. The lowest BCUT2D eigenvalue weighted by atomic mass is 10.00. The van der Waals surface area contributed by atoms with Crippen LogP contribution in [0.2, 0.25) is 0 Å². The Labute approximate surface area is 96.0 Å². The van der Waals surface area contributed by atoms with Gasteiger partial charge in [-0.15, -0.1) is 0 Å². The Kier molecular flexibility index (Phi) is 2.99. The van der Waals surface area contributed by atoms with Crippen LogP contribution in [0.1, 0.15) is 17.5 Å². The van der Waals surface area contributed by atoms with E-state index in [1.165, 1.54) is 23.2 Å². The first kappa shape index (κ1) is 10.8. The summed E-state index contributed by atoms with van der Waals surface area (Å²) in [6, 6.07) is 6.45. The third-order valence-electron chi connectivity index (χ3n) is 2.94. The second-order valence-corrected chi connectivity index (χ2v) is 4.23. The van der Waals surface area contributed by atoms with Crippen LogP contribution < -0.4 is 16.4 Å². The van der Waals surface area contributed by atoms with Gasteiger partial charge >= 0.3 is 0 Å². The predicted molar refractivity (Wildman–Crippen MR) is 67.5 cm³/mol. The molecule has 0 saturated heterocycles. The number of hydrogen-bond acceptors (Lipinski definition) is 2. The van der Waals surface area contributed by atoms with Crippen LogP contribution in [-0.2, 0) is 13.0 Å². The lowest BCUT2D eigenvalue weighted by molar-refractivity contribution is 0.743. The number of nitrogens with zero attached hydrogens (tertiary/aromatic N) is 2. The molecule has 1 aromatic rings. The summed E-state index contributed by atoms with van der Waals surface area (Å²) < 4.78 is 0. The van der Waals surface area contributed by atoms with Crippen LogP contribution in [0.3, 0.4) is 0 Å². The molecule has 0 aliphatic carbocycles. The molecule has 4 nitrogen and oxygen atoms in total. The molecule has 0 radical (unpaired) electrons. The molecule has 0 saturated carbocycles. The van der Waals surface area contributed by atoms with Crippen molar-refractivity contribution in [3.05, 3.63) is 29.3 Å². The van der Waals surface area contributed by atoms with Gasteiger partial charge in [0.2, 0.25) is 0 Å². The van der Waals surface area contributed by atoms with Crippen molar-refractivity contribution in [1.82, 2.24) is 0 Å². The number of guanidine groups is 1. The lowest BCUT2D eigenvalue weighted by Crippen LogP contribution is -2.24.